The molecule has 2 aromatic heterocycles. The second kappa shape index (κ2) is 9.45. The van der Waals surface area contributed by atoms with Crippen LogP contribution < -0.4 is 10.5 Å². The zero-order valence-electron chi connectivity index (χ0n) is 20.8. The number of ketones is 1. The van der Waals surface area contributed by atoms with Crippen LogP contribution in [-0.2, 0) is 15.8 Å². The molecule has 0 radical (unpaired) electrons. The number of halogens is 2. The molecule has 3 heterocycles. The van der Waals surface area contributed by atoms with Crippen molar-refractivity contribution in [1.82, 2.24) is 9.97 Å². The molecule has 3 N–H and O–H groups in total. The normalized spacial score (nSPS) is 18.0. The number of nitrogens with two attached hydrogens (primary N) is 1. The van der Waals surface area contributed by atoms with Crippen molar-refractivity contribution in [3.63, 3.8) is 0 Å². The molecule has 0 fully saturated rings. The number of carbonyl (C=O) groups excluding carboxylic acids is 2. The minimum Gasteiger partial charge on any atom is -0.489 e. The van der Waals surface area contributed by atoms with Crippen molar-refractivity contribution in [1.29, 1.82) is 0 Å². The van der Waals surface area contributed by atoms with E-state index in [1.54, 1.807) is 56.4 Å². The molecule has 1 aliphatic rings. The molecule has 0 unspecified atom stereocenters. The predicted octanol–water partition coefficient (Wildman–Crippen LogP) is 5.10. The zero-order valence-corrected chi connectivity index (χ0v) is 21.6. The molecule has 4 aromatic rings. The summed E-state index contributed by atoms with van der Waals surface area (Å²) in [7, 11) is 0. The number of carbonyl (C=O) groups is 2. The van der Waals surface area contributed by atoms with Gasteiger partial charge in [0.15, 0.2) is 5.78 Å². The molecule has 2 aromatic carbocycles. The Morgan fingerprint density at radius 3 is 2.66 bits per heavy atom. The fraction of sp³-hybridized carbons (Fsp3) is 0.241. The van der Waals surface area contributed by atoms with Crippen LogP contribution in [0.5, 0.6) is 5.75 Å². The van der Waals surface area contributed by atoms with Crippen LogP contribution >= 0.6 is 11.6 Å². The summed E-state index contributed by atoms with van der Waals surface area (Å²) in [5, 5.41) is 12.6. The third kappa shape index (κ3) is 4.50. The van der Waals surface area contributed by atoms with Gasteiger partial charge in [0.2, 0.25) is 5.91 Å². The Morgan fingerprint density at radius 1 is 1.21 bits per heavy atom. The molecule has 1 amide bonds. The molecule has 1 aliphatic heterocycles. The lowest BCUT2D eigenvalue weighted by Gasteiger charge is -2.26. The number of amides is 1. The Kier molecular flexibility index (Phi) is 6.41. The van der Waals surface area contributed by atoms with Crippen LogP contribution in [0.1, 0.15) is 48.3 Å². The van der Waals surface area contributed by atoms with Crippen molar-refractivity contribution >= 4 is 34.2 Å². The molecule has 9 heteroatoms. The molecule has 0 saturated carbocycles. The maximum atomic E-state index is 13.6. The van der Waals surface area contributed by atoms with Gasteiger partial charge < -0.3 is 15.6 Å². The van der Waals surface area contributed by atoms with Crippen molar-refractivity contribution in [2.75, 3.05) is 6.61 Å². The smallest absolute Gasteiger partial charge is 0.231 e. The van der Waals surface area contributed by atoms with Crippen molar-refractivity contribution in [2.45, 2.75) is 37.7 Å². The Morgan fingerprint density at radius 2 is 1.95 bits per heavy atom. The number of Topliss-reactive ketones (excluding diaryl/α,β-unsaturated/α-hetero) is 1. The molecule has 7 nitrogen and oxygen atoms in total. The summed E-state index contributed by atoms with van der Waals surface area (Å²) < 4.78 is 19.5. The summed E-state index contributed by atoms with van der Waals surface area (Å²) in [6.07, 6.45) is 1.67. The lowest BCUT2D eigenvalue weighted by molar-refractivity contribution is -0.123. The van der Waals surface area contributed by atoms with E-state index in [9.17, 15) is 19.1 Å². The Labute approximate surface area is 223 Å². The number of hydrogen-bond donors (Lipinski definition) is 2. The molecule has 38 heavy (non-hydrogen) atoms. The largest absolute Gasteiger partial charge is 0.489 e. The third-order valence-electron chi connectivity index (χ3n) is 7.11. The van der Waals surface area contributed by atoms with E-state index in [2.05, 4.69) is 9.97 Å². The average Bonchev–Trinajstić information content (AvgIpc) is 3.25. The van der Waals surface area contributed by atoms with E-state index in [0.29, 0.717) is 38.7 Å². The average molecular weight is 534 g/mol. The van der Waals surface area contributed by atoms with Crippen LogP contribution in [0.4, 0.5) is 4.39 Å². The molecule has 0 spiro atoms. The molecule has 194 valence electrons. The monoisotopic (exact) mass is 533 g/mol. The van der Waals surface area contributed by atoms with E-state index < -0.39 is 22.7 Å². The van der Waals surface area contributed by atoms with Gasteiger partial charge in [-0.1, -0.05) is 17.7 Å². The van der Waals surface area contributed by atoms with Gasteiger partial charge in [0, 0.05) is 34.7 Å². The predicted molar refractivity (Wildman–Crippen MR) is 142 cm³/mol. The first-order chi connectivity index (χ1) is 18.0. The van der Waals surface area contributed by atoms with E-state index >= 15 is 0 Å². The van der Waals surface area contributed by atoms with Crippen LogP contribution in [0.25, 0.3) is 22.2 Å². The zero-order chi connectivity index (χ0) is 27.2. The highest BCUT2D eigenvalue weighted by atomic mass is 35.5. The number of pyridine rings is 2. The van der Waals surface area contributed by atoms with Gasteiger partial charge in [-0.2, -0.15) is 0 Å². The summed E-state index contributed by atoms with van der Waals surface area (Å²) >= 11 is 6.34. The van der Waals surface area contributed by atoms with Crippen molar-refractivity contribution in [3.8, 4) is 17.0 Å². The minimum absolute atomic E-state index is 0.00330. The van der Waals surface area contributed by atoms with Crippen molar-refractivity contribution < 1.29 is 23.8 Å². The first-order valence-corrected chi connectivity index (χ1v) is 12.4. The van der Waals surface area contributed by atoms with Crippen LogP contribution in [0.2, 0.25) is 5.02 Å². The van der Waals surface area contributed by atoms with Gasteiger partial charge in [-0.15, -0.1) is 0 Å². The van der Waals surface area contributed by atoms with Gasteiger partial charge in [0.05, 0.1) is 16.2 Å². The lowest BCUT2D eigenvalue weighted by Crippen LogP contribution is -2.40. The molecule has 0 saturated heterocycles. The van der Waals surface area contributed by atoms with Gasteiger partial charge in [-0.3, -0.25) is 14.6 Å². The fourth-order valence-corrected chi connectivity index (χ4v) is 4.88. The second-order valence-corrected chi connectivity index (χ2v) is 10.4. The van der Waals surface area contributed by atoms with E-state index in [1.165, 1.54) is 12.1 Å². The fourth-order valence-electron chi connectivity index (χ4n) is 4.60. The number of hydrogen-bond acceptors (Lipinski definition) is 6. The highest BCUT2D eigenvalue weighted by Crippen LogP contribution is 2.46. The number of fused-ring (bicyclic) bond motifs is 2. The first kappa shape index (κ1) is 25.8. The minimum atomic E-state index is -1.55. The quantitative estimate of drug-likeness (QED) is 0.319. The molecule has 2 atom stereocenters. The van der Waals surface area contributed by atoms with Gasteiger partial charge in [0.1, 0.15) is 34.9 Å². The SMILES string of the molecule is C[C@](O)(CCC(=O)c1cc(Cl)c2ncccc2c1)c1cc2c(c(-c3ccc(F)cc3)n1)OC[C@]2(C)C(N)=O. The topological polar surface area (TPSA) is 115 Å². The Bertz CT molecular complexity index is 1590. The number of aromatic nitrogens is 2. The standard InChI is InChI=1S/C29H25ClFN3O4/c1-28(27(32)36)15-38-26-20(28)14-23(34-25(26)16-5-7-19(31)8-6-16)29(2,37)10-9-22(35)18-12-17-4-3-11-33-24(17)21(30)13-18/h3-8,11-14,37H,9-10,15H2,1-2H3,(H2,32,36)/t28-,29-/m0/s1. The summed E-state index contributed by atoms with van der Waals surface area (Å²) in [5.41, 5.74) is 5.65. The lowest BCUT2D eigenvalue weighted by atomic mass is 9.81. The molecular formula is C29H25ClFN3O4. The van der Waals surface area contributed by atoms with Crippen molar-refractivity contribution in [2.24, 2.45) is 5.73 Å². The van der Waals surface area contributed by atoms with Gasteiger partial charge in [-0.05, 0) is 68.8 Å². The van der Waals surface area contributed by atoms with E-state index in [-0.39, 0.29) is 30.9 Å². The number of primary amides is 1. The van der Waals surface area contributed by atoms with Gasteiger partial charge in [0.25, 0.3) is 0 Å². The highest BCUT2D eigenvalue weighted by molar-refractivity contribution is 6.35. The number of benzene rings is 2. The van der Waals surface area contributed by atoms with Crippen LogP contribution in [0.3, 0.4) is 0 Å². The number of aliphatic hydroxyl groups is 1. The van der Waals surface area contributed by atoms with Crippen LogP contribution in [0.15, 0.2) is 60.8 Å². The number of rotatable bonds is 7. The third-order valence-corrected chi connectivity index (χ3v) is 7.39. The first-order valence-electron chi connectivity index (χ1n) is 12.0. The van der Waals surface area contributed by atoms with Crippen molar-refractivity contribution in [3.05, 3.63) is 88.5 Å². The molecular weight excluding hydrogens is 509 g/mol. The summed E-state index contributed by atoms with van der Waals surface area (Å²) in [6, 6.07) is 14.2. The van der Waals surface area contributed by atoms with Crippen LogP contribution in [0, 0.1) is 5.82 Å². The number of nitrogens with zero attached hydrogens (tertiary/aromatic N) is 2. The second-order valence-electron chi connectivity index (χ2n) is 9.95. The van der Waals surface area contributed by atoms with E-state index in [0.717, 1.165) is 5.39 Å². The molecule has 0 aliphatic carbocycles. The Balaban J connectivity index is 1.49. The molecule has 0 bridgehead atoms. The number of ether oxygens (including phenoxy) is 1. The highest BCUT2D eigenvalue weighted by Gasteiger charge is 2.45. The Hall–Kier alpha value is -3.88. The van der Waals surface area contributed by atoms with Gasteiger partial charge in [-0.25, -0.2) is 9.37 Å². The van der Waals surface area contributed by atoms with Gasteiger partial charge >= 0.3 is 0 Å². The van der Waals surface area contributed by atoms with Crippen LogP contribution in [-0.4, -0.2) is 33.4 Å². The summed E-state index contributed by atoms with van der Waals surface area (Å²) in [6.45, 7) is 3.23. The maximum Gasteiger partial charge on any atom is 0.231 e. The van der Waals surface area contributed by atoms with E-state index in [1.807, 2.05) is 6.07 Å². The summed E-state index contributed by atoms with van der Waals surface area (Å²) in [4.78, 5) is 34.4. The van der Waals surface area contributed by atoms with E-state index in [4.69, 9.17) is 22.1 Å². The summed E-state index contributed by atoms with van der Waals surface area (Å²) in [5.74, 6) is -0.855. The maximum absolute atomic E-state index is 13.6. The molecule has 5 rings (SSSR count).